The summed E-state index contributed by atoms with van der Waals surface area (Å²) in [6.45, 7) is 0.949. The summed E-state index contributed by atoms with van der Waals surface area (Å²) in [5.74, 6) is 0.945. The first-order valence-electron chi connectivity index (χ1n) is 3.97. The third-order valence-corrected chi connectivity index (χ3v) is 3.90. The summed E-state index contributed by atoms with van der Waals surface area (Å²) < 4.78 is 5.97. The van der Waals surface area contributed by atoms with E-state index in [1.165, 1.54) is 25.7 Å². The molecule has 1 rings (SSSR count). The first-order chi connectivity index (χ1) is 4.84. The molecule has 0 radical (unpaired) electrons. The van der Waals surface area contributed by atoms with Crippen LogP contribution in [0, 0.1) is 5.92 Å². The summed E-state index contributed by atoms with van der Waals surface area (Å²) in [5, 5.41) is 0. The minimum atomic E-state index is 0.924. The number of rotatable bonds is 3. The van der Waals surface area contributed by atoms with Crippen LogP contribution in [0.1, 0.15) is 25.7 Å². The lowest BCUT2D eigenvalue weighted by Gasteiger charge is -2.11. The Balaban J connectivity index is 2.14. The van der Waals surface area contributed by atoms with Gasteiger partial charge >= 0.3 is 0 Å². The quantitative estimate of drug-likeness (QED) is 0.555. The molecule has 0 aliphatic heterocycles. The Labute approximate surface area is 76.7 Å². The van der Waals surface area contributed by atoms with Crippen molar-refractivity contribution < 1.29 is 4.74 Å². The van der Waals surface area contributed by atoms with Crippen molar-refractivity contribution in [1.29, 1.82) is 0 Å². The van der Waals surface area contributed by atoms with Crippen molar-refractivity contribution in [3.63, 3.8) is 0 Å². The fourth-order valence-electron chi connectivity index (χ4n) is 1.59. The van der Waals surface area contributed by atoms with Crippen molar-refractivity contribution in [3.8, 4) is 0 Å². The molecule has 0 unspecified atom stereocenters. The molecular formula is C8H15IO. The van der Waals surface area contributed by atoms with Crippen LogP contribution in [-0.2, 0) is 4.74 Å². The molecule has 0 bridgehead atoms. The molecule has 1 aliphatic rings. The topological polar surface area (TPSA) is 9.23 Å². The highest BCUT2D eigenvalue weighted by molar-refractivity contribution is 14.1. The van der Waals surface area contributed by atoms with Crippen molar-refractivity contribution in [2.45, 2.75) is 29.6 Å². The van der Waals surface area contributed by atoms with Gasteiger partial charge in [0.25, 0.3) is 0 Å². The van der Waals surface area contributed by atoms with Crippen LogP contribution in [0.5, 0.6) is 0 Å². The lowest BCUT2D eigenvalue weighted by atomic mass is 10.1. The second-order valence-corrected chi connectivity index (χ2v) is 4.59. The molecule has 10 heavy (non-hydrogen) atoms. The number of halogens is 1. The van der Waals surface area contributed by atoms with Gasteiger partial charge in [0.1, 0.15) is 0 Å². The van der Waals surface area contributed by atoms with Crippen molar-refractivity contribution in [2.75, 3.05) is 13.7 Å². The Bertz CT molecular complexity index is 95.3. The Morgan fingerprint density at radius 3 is 2.80 bits per heavy atom. The Kier molecular flexibility index (Phi) is 3.99. The summed E-state index contributed by atoms with van der Waals surface area (Å²) in [6, 6.07) is 0. The van der Waals surface area contributed by atoms with Crippen LogP contribution in [0.4, 0.5) is 0 Å². The van der Waals surface area contributed by atoms with E-state index in [-0.39, 0.29) is 0 Å². The molecule has 0 amide bonds. The van der Waals surface area contributed by atoms with E-state index in [1.807, 2.05) is 0 Å². The van der Waals surface area contributed by atoms with Gasteiger partial charge in [0.05, 0.1) is 0 Å². The molecule has 0 heterocycles. The van der Waals surface area contributed by atoms with E-state index < -0.39 is 0 Å². The Hall–Kier alpha value is 0.690. The fourth-order valence-corrected chi connectivity index (χ4v) is 2.75. The van der Waals surface area contributed by atoms with Crippen molar-refractivity contribution in [3.05, 3.63) is 0 Å². The van der Waals surface area contributed by atoms with Crippen LogP contribution in [0.3, 0.4) is 0 Å². The molecule has 0 spiro atoms. The maximum absolute atomic E-state index is 5.05. The van der Waals surface area contributed by atoms with Gasteiger partial charge in [0.15, 0.2) is 0 Å². The first-order valence-corrected chi connectivity index (χ1v) is 5.22. The SMILES string of the molecule is COCC[C@@H]1CCC[C@H]1I. The van der Waals surface area contributed by atoms with E-state index in [2.05, 4.69) is 22.6 Å². The number of hydrogen-bond acceptors (Lipinski definition) is 1. The van der Waals surface area contributed by atoms with Crippen LogP contribution in [0.15, 0.2) is 0 Å². The molecule has 1 saturated carbocycles. The average molecular weight is 254 g/mol. The van der Waals surface area contributed by atoms with Gasteiger partial charge in [-0.05, 0) is 25.2 Å². The van der Waals surface area contributed by atoms with E-state index in [0.29, 0.717) is 0 Å². The summed E-state index contributed by atoms with van der Waals surface area (Å²) in [5.41, 5.74) is 0. The van der Waals surface area contributed by atoms with Gasteiger partial charge < -0.3 is 4.74 Å². The number of methoxy groups -OCH3 is 1. The molecule has 0 aromatic carbocycles. The number of alkyl halides is 1. The summed E-state index contributed by atoms with van der Waals surface area (Å²) in [7, 11) is 1.79. The normalized spacial score (nSPS) is 33.0. The van der Waals surface area contributed by atoms with Gasteiger partial charge in [-0.1, -0.05) is 29.0 Å². The molecule has 1 nitrogen and oxygen atoms in total. The van der Waals surface area contributed by atoms with Gasteiger partial charge in [-0.15, -0.1) is 0 Å². The third kappa shape index (κ3) is 2.38. The highest BCUT2D eigenvalue weighted by atomic mass is 127. The molecule has 0 aromatic rings. The average Bonchev–Trinajstić information content (AvgIpc) is 2.31. The molecule has 60 valence electrons. The zero-order chi connectivity index (χ0) is 7.40. The lowest BCUT2D eigenvalue weighted by Crippen LogP contribution is -2.08. The molecule has 0 N–H and O–H groups in total. The van der Waals surface area contributed by atoms with Crippen molar-refractivity contribution in [1.82, 2.24) is 0 Å². The summed E-state index contributed by atoms with van der Waals surface area (Å²) >= 11 is 2.58. The number of hydrogen-bond donors (Lipinski definition) is 0. The first kappa shape index (κ1) is 8.78. The molecule has 0 saturated heterocycles. The maximum atomic E-state index is 5.05. The zero-order valence-electron chi connectivity index (χ0n) is 6.48. The van der Waals surface area contributed by atoms with Gasteiger partial charge in [0, 0.05) is 17.6 Å². The van der Waals surface area contributed by atoms with E-state index in [1.54, 1.807) is 7.11 Å². The maximum Gasteiger partial charge on any atom is 0.0465 e. The molecule has 1 fully saturated rings. The van der Waals surface area contributed by atoms with E-state index in [9.17, 15) is 0 Å². The minimum absolute atomic E-state index is 0.924. The van der Waals surface area contributed by atoms with Crippen molar-refractivity contribution >= 4 is 22.6 Å². The predicted molar refractivity (Wildman–Crippen MR) is 51.6 cm³/mol. The minimum Gasteiger partial charge on any atom is -0.385 e. The van der Waals surface area contributed by atoms with Crippen LogP contribution in [-0.4, -0.2) is 17.6 Å². The zero-order valence-corrected chi connectivity index (χ0v) is 8.63. The predicted octanol–water partition coefficient (Wildman–Crippen LogP) is 2.63. The number of ether oxygens (including phenoxy) is 1. The van der Waals surface area contributed by atoms with Gasteiger partial charge in [-0.25, -0.2) is 0 Å². The van der Waals surface area contributed by atoms with Gasteiger partial charge in [0.2, 0.25) is 0 Å². The largest absolute Gasteiger partial charge is 0.385 e. The van der Waals surface area contributed by atoms with E-state index >= 15 is 0 Å². The summed E-state index contributed by atoms with van der Waals surface area (Å²) in [4.78, 5) is 0. The highest BCUT2D eigenvalue weighted by Crippen LogP contribution is 2.33. The van der Waals surface area contributed by atoms with Crippen LogP contribution in [0.25, 0.3) is 0 Å². The Morgan fingerprint density at radius 2 is 2.30 bits per heavy atom. The standard InChI is InChI=1S/C8H15IO/c1-10-6-5-7-3-2-4-8(7)9/h7-8H,2-6H2,1H3/t7-,8+/m0/s1. The fraction of sp³-hybridized carbons (Fsp3) is 1.00. The van der Waals surface area contributed by atoms with Crippen molar-refractivity contribution in [2.24, 2.45) is 5.92 Å². The monoisotopic (exact) mass is 254 g/mol. The smallest absolute Gasteiger partial charge is 0.0465 e. The second-order valence-electron chi connectivity index (χ2n) is 2.99. The molecule has 2 atom stereocenters. The highest BCUT2D eigenvalue weighted by Gasteiger charge is 2.23. The Morgan fingerprint density at radius 1 is 1.50 bits per heavy atom. The lowest BCUT2D eigenvalue weighted by molar-refractivity contribution is 0.179. The molecule has 0 aromatic heterocycles. The molecule has 2 heteroatoms. The van der Waals surface area contributed by atoms with E-state index in [4.69, 9.17) is 4.74 Å². The van der Waals surface area contributed by atoms with Gasteiger partial charge in [-0.2, -0.15) is 0 Å². The summed E-state index contributed by atoms with van der Waals surface area (Å²) in [6.07, 6.45) is 5.55. The van der Waals surface area contributed by atoms with Crippen LogP contribution < -0.4 is 0 Å². The molecular weight excluding hydrogens is 239 g/mol. The van der Waals surface area contributed by atoms with Crippen LogP contribution in [0.2, 0.25) is 0 Å². The third-order valence-electron chi connectivity index (χ3n) is 2.26. The molecule has 1 aliphatic carbocycles. The van der Waals surface area contributed by atoms with E-state index in [0.717, 1.165) is 16.4 Å². The van der Waals surface area contributed by atoms with Crippen LogP contribution >= 0.6 is 22.6 Å². The van der Waals surface area contributed by atoms with Gasteiger partial charge in [-0.3, -0.25) is 0 Å². The second kappa shape index (κ2) is 4.54.